The van der Waals surface area contributed by atoms with Gasteiger partial charge in [-0.2, -0.15) is 0 Å². The molecule has 0 amide bonds. The molecule has 4 heterocycles. The van der Waals surface area contributed by atoms with E-state index in [0.717, 1.165) is 43.6 Å². The number of hydrogen-bond donors (Lipinski definition) is 1. The minimum atomic E-state index is 0.536. The third-order valence-electron chi connectivity index (χ3n) is 9.84. The fraction of sp³-hybridized carbons (Fsp3) is 1.00. The Morgan fingerprint density at radius 3 is 2.00 bits per heavy atom. The first-order valence-electron chi connectivity index (χ1n) is 15.0. The molecule has 0 aromatic heterocycles. The Bertz CT molecular complexity index is 603. The van der Waals surface area contributed by atoms with Crippen LogP contribution in [-0.4, -0.2) is 111 Å². The zero-order chi connectivity index (χ0) is 24.8. The van der Waals surface area contributed by atoms with Crippen LogP contribution in [0.5, 0.6) is 0 Å². The minimum absolute atomic E-state index is 0.536. The smallest absolute Gasteiger partial charge is 0.0619 e. The number of rotatable bonds is 11. The van der Waals surface area contributed by atoms with Crippen molar-refractivity contribution in [1.29, 1.82) is 0 Å². The average Bonchev–Trinajstić information content (AvgIpc) is 3.26. The van der Waals surface area contributed by atoms with Crippen molar-refractivity contribution in [3.05, 3.63) is 0 Å². The predicted molar refractivity (Wildman–Crippen MR) is 145 cm³/mol. The molecule has 5 unspecified atom stereocenters. The summed E-state index contributed by atoms with van der Waals surface area (Å²) in [6.45, 7) is 19.7. The van der Waals surface area contributed by atoms with E-state index in [1.54, 1.807) is 0 Å². The molecule has 4 rings (SSSR count). The first kappa shape index (κ1) is 27.8. The number of nitrogens with one attached hydrogen (secondary N) is 1. The van der Waals surface area contributed by atoms with E-state index in [9.17, 15) is 0 Å². The van der Waals surface area contributed by atoms with Gasteiger partial charge in [0.05, 0.1) is 6.61 Å². The molecule has 5 atom stereocenters. The van der Waals surface area contributed by atoms with Crippen LogP contribution in [0.1, 0.15) is 72.6 Å². The fourth-order valence-electron chi connectivity index (χ4n) is 7.29. The van der Waals surface area contributed by atoms with Gasteiger partial charge in [-0.25, -0.2) is 0 Å². The normalized spacial score (nSPS) is 32.2. The van der Waals surface area contributed by atoms with E-state index in [4.69, 9.17) is 9.47 Å². The van der Waals surface area contributed by atoms with Crippen LogP contribution < -0.4 is 5.32 Å². The lowest BCUT2D eigenvalue weighted by Crippen LogP contribution is -2.50. The minimum Gasteiger partial charge on any atom is -0.384 e. The Kier molecular flexibility index (Phi) is 10.7. The van der Waals surface area contributed by atoms with Crippen molar-refractivity contribution >= 4 is 0 Å². The molecule has 204 valence electrons. The van der Waals surface area contributed by atoms with E-state index in [1.165, 1.54) is 84.2 Å². The van der Waals surface area contributed by atoms with E-state index in [2.05, 4.69) is 47.7 Å². The molecule has 6 heteroatoms. The summed E-state index contributed by atoms with van der Waals surface area (Å²) in [6.07, 6.45) is 9.23. The van der Waals surface area contributed by atoms with Gasteiger partial charge in [0.15, 0.2) is 0 Å². The molecular formula is C29H56N4O2. The second-order valence-electron chi connectivity index (χ2n) is 12.7. The van der Waals surface area contributed by atoms with E-state index < -0.39 is 0 Å². The van der Waals surface area contributed by atoms with Crippen LogP contribution in [0.3, 0.4) is 0 Å². The lowest BCUT2D eigenvalue weighted by Gasteiger charge is -2.38. The number of fused-ring (bicyclic) bond motifs is 1. The quantitative estimate of drug-likeness (QED) is 0.474. The molecule has 4 fully saturated rings. The van der Waals surface area contributed by atoms with Crippen molar-refractivity contribution in [1.82, 2.24) is 20.0 Å². The summed E-state index contributed by atoms with van der Waals surface area (Å²) in [4.78, 5) is 8.04. The van der Waals surface area contributed by atoms with Gasteiger partial charge in [-0.15, -0.1) is 0 Å². The highest BCUT2D eigenvalue weighted by Crippen LogP contribution is 2.32. The molecule has 0 saturated carbocycles. The molecule has 0 aromatic rings. The highest BCUT2D eigenvalue weighted by atomic mass is 16.5. The van der Waals surface area contributed by atoms with Crippen LogP contribution in [0.15, 0.2) is 0 Å². The number of likely N-dealkylation sites (tertiary alicyclic amines) is 3. The fourth-order valence-corrected chi connectivity index (χ4v) is 7.29. The van der Waals surface area contributed by atoms with E-state index in [1.807, 2.05) is 7.11 Å². The van der Waals surface area contributed by atoms with Crippen LogP contribution in [0.4, 0.5) is 0 Å². The predicted octanol–water partition coefficient (Wildman–Crippen LogP) is 3.70. The highest BCUT2D eigenvalue weighted by molar-refractivity contribution is 4.97. The van der Waals surface area contributed by atoms with Gasteiger partial charge in [0.2, 0.25) is 0 Å². The topological polar surface area (TPSA) is 40.2 Å². The van der Waals surface area contributed by atoms with Crippen molar-refractivity contribution < 1.29 is 9.47 Å². The van der Waals surface area contributed by atoms with Crippen LogP contribution in [0, 0.1) is 17.8 Å². The Labute approximate surface area is 216 Å². The summed E-state index contributed by atoms with van der Waals surface area (Å²) < 4.78 is 11.6. The summed E-state index contributed by atoms with van der Waals surface area (Å²) in [5.74, 6) is 2.40. The van der Waals surface area contributed by atoms with E-state index >= 15 is 0 Å². The van der Waals surface area contributed by atoms with Gasteiger partial charge in [-0.05, 0) is 123 Å². The van der Waals surface area contributed by atoms with Crippen LogP contribution >= 0.6 is 0 Å². The number of piperidine rings is 3. The number of hydrogen-bond acceptors (Lipinski definition) is 6. The molecular weight excluding hydrogens is 436 g/mol. The first-order valence-corrected chi connectivity index (χ1v) is 15.0. The summed E-state index contributed by atoms with van der Waals surface area (Å²) in [5.41, 5.74) is 0. The molecule has 0 radical (unpaired) electrons. The zero-order valence-electron chi connectivity index (χ0n) is 23.6. The second-order valence-corrected chi connectivity index (χ2v) is 12.7. The molecule has 35 heavy (non-hydrogen) atoms. The number of nitrogens with zero attached hydrogens (tertiary/aromatic N) is 3. The third-order valence-corrected chi connectivity index (χ3v) is 9.84. The molecule has 1 N–H and O–H groups in total. The standard InChI is InChI=1S/C29H56N4O2/c1-22(2)33-15-10-27-17-28(30-29(27)18-33)16-23(3)31-11-8-26(9-12-31)21-35-19-24(4)32-13-6-25(7-14-32)20-34-5/h22-30H,6-21H2,1-5H3. The Morgan fingerprint density at radius 1 is 0.771 bits per heavy atom. The SMILES string of the molecule is COCC1CCN(C(C)COCC2CCN(C(C)CC3CC4CCN(C(C)C)CC4N3)CC2)CC1. The zero-order valence-corrected chi connectivity index (χ0v) is 23.6. The molecule has 4 aliphatic rings. The molecule has 4 saturated heterocycles. The van der Waals surface area contributed by atoms with Gasteiger partial charge >= 0.3 is 0 Å². The van der Waals surface area contributed by atoms with Crippen molar-refractivity contribution in [2.45, 2.75) is 103 Å². The Balaban J connectivity index is 1.08. The van der Waals surface area contributed by atoms with Crippen molar-refractivity contribution in [2.24, 2.45) is 17.8 Å². The summed E-state index contributed by atoms with van der Waals surface area (Å²) in [6, 6.07) is 3.35. The maximum absolute atomic E-state index is 6.25. The molecule has 0 spiro atoms. The monoisotopic (exact) mass is 492 g/mol. The number of ether oxygens (including phenoxy) is 2. The van der Waals surface area contributed by atoms with Gasteiger partial charge in [0.25, 0.3) is 0 Å². The summed E-state index contributed by atoms with van der Waals surface area (Å²) in [7, 11) is 1.83. The Hall–Kier alpha value is -0.240. The van der Waals surface area contributed by atoms with Crippen LogP contribution in [0.2, 0.25) is 0 Å². The molecule has 0 aliphatic carbocycles. The maximum atomic E-state index is 6.25. The molecule has 6 nitrogen and oxygen atoms in total. The van der Waals surface area contributed by atoms with Gasteiger partial charge in [0, 0.05) is 57.1 Å². The maximum Gasteiger partial charge on any atom is 0.0619 e. The second kappa shape index (κ2) is 13.5. The van der Waals surface area contributed by atoms with Crippen LogP contribution in [-0.2, 0) is 9.47 Å². The summed E-state index contributed by atoms with van der Waals surface area (Å²) >= 11 is 0. The first-order chi connectivity index (χ1) is 16.9. The van der Waals surface area contributed by atoms with Gasteiger partial charge in [-0.3, -0.25) is 9.80 Å². The van der Waals surface area contributed by atoms with Gasteiger partial charge < -0.3 is 19.7 Å². The van der Waals surface area contributed by atoms with Gasteiger partial charge in [0.1, 0.15) is 0 Å². The van der Waals surface area contributed by atoms with Crippen molar-refractivity contribution in [3.8, 4) is 0 Å². The lowest BCUT2D eigenvalue weighted by molar-refractivity contribution is 0.0125. The average molecular weight is 493 g/mol. The van der Waals surface area contributed by atoms with Crippen LogP contribution in [0.25, 0.3) is 0 Å². The highest BCUT2D eigenvalue weighted by Gasteiger charge is 2.39. The van der Waals surface area contributed by atoms with Crippen molar-refractivity contribution in [2.75, 3.05) is 66.2 Å². The van der Waals surface area contributed by atoms with E-state index in [-0.39, 0.29) is 0 Å². The van der Waals surface area contributed by atoms with Crippen molar-refractivity contribution in [3.63, 3.8) is 0 Å². The van der Waals surface area contributed by atoms with Gasteiger partial charge in [-0.1, -0.05) is 0 Å². The number of methoxy groups -OCH3 is 1. The molecule has 4 aliphatic heterocycles. The Morgan fingerprint density at radius 2 is 1.37 bits per heavy atom. The summed E-state index contributed by atoms with van der Waals surface area (Å²) in [5, 5.41) is 4.03. The molecule has 0 bridgehead atoms. The lowest BCUT2D eigenvalue weighted by atomic mass is 9.89. The third kappa shape index (κ3) is 7.87. The van der Waals surface area contributed by atoms with E-state index in [0.29, 0.717) is 24.2 Å². The molecule has 0 aromatic carbocycles. The largest absolute Gasteiger partial charge is 0.384 e.